The van der Waals surface area contributed by atoms with Crippen molar-refractivity contribution in [1.82, 2.24) is 4.31 Å². The lowest BCUT2D eigenvalue weighted by atomic mass is 10.6. The molecule has 0 unspecified atom stereocenters. The highest BCUT2D eigenvalue weighted by Gasteiger charge is 2.09. The molecule has 0 bridgehead atoms. The largest absolute Gasteiger partial charge is 0.270 e. The zero-order chi connectivity index (χ0) is 7.61. The van der Waals surface area contributed by atoms with Gasteiger partial charge in [0, 0.05) is 6.20 Å². The molecular weight excluding hydrogens is 152 g/mol. The van der Waals surface area contributed by atoms with Gasteiger partial charge in [-0.3, -0.25) is 4.99 Å². The highest BCUT2D eigenvalue weighted by molar-refractivity contribution is 7.88. The number of hydrogen-bond acceptors (Lipinski definition) is 3. The molecule has 1 rings (SSSR count). The summed E-state index contributed by atoms with van der Waals surface area (Å²) in [5, 5.41) is 0. The van der Waals surface area contributed by atoms with E-state index < -0.39 is 10.0 Å². The first-order valence-corrected chi connectivity index (χ1v) is 4.60. The highest BCUT2D eigenvalue weighted by atomic mass is 32.2. The Morgan fingerprint density at radius 1 is 1.60 bits per heavy atom. The fourth-order valence-electron chi connectivity index (χ4n) is 0.574. The van der Waals surface area contributed by atoms with Crippen molar-refractivity contribution in [2.75, 3.05) is 12.8 Å². The van der Waals surface area contributed by atoms with E-state index in [2.05, 4.69) is 4.99 Å². The lowest BCUT2D eigenvalue weighted by molar-refractivity contribution is 0.570. The van der Waals surface area contributed by atoms with Crippen molar-refractivity contribution in [2.24, 2.45) is 4.99 Å². The maximum Gasteiger partial charge on any atom is 0.236 e. The quantitative estimate of drug-likeness (QED) is 0.533. The normalized spacial score (nSPS) is 17.9. The first-order valence-electron chi connectivity index (χ1n) is 2.76. The first-order chi connectivity index (χ1) is 4.61. The van der Waals surface area contributed by atoms with E-state index in [9.17, 15) is 8.42 Å². The van der Waals surface area contributed by atoms with E-state index in [4.69, 9.17) is 0 Å². The van der Waals surface area contributed by atoms with E-state index in [0.717, 1.165) is 10.6 Å². The average Bonchev–Trinajstić information content (AvgIpc) is 1.88. The summed E-state index contributed by atoms with van der Waals surface area (Å²) in [7, 11) is -3.13. The Balaban J connectivity index is 2.84. The Bertz CT molecular complexity index is 253. The minimum Gasteiger partial charge on any atom is -0.270 e. The Morgan fingerprint density at radius 3 is 2.60 bits per heavy atom. The molecule has 0 aliphatic carbocycles. The molecule has 0 spiro atoms. The van der Waals surface area contributed by atoms with Crippen molar-refractivity contribution in [2.45, 2.75) is 0 Å². The van der Waals surface area contributed by atoms with Gasteiger partial charge in [0.1, 0.15) is 6.34 Å². The standard InChI is InChI=1S/C5H8N2O2S/c1-10(8,9)7-4-2-3-6-5-7/h2,4-5H,3H2,1H3. The van der Waals surface area contributed by atoms with Crippen LogP contribution in [0.25, 0.3) is 0 Å². The molecule has 5 heteroatoms. The summed E-state index contributed by atoms with van der Waals surface area (Å²) in [5.41, 5.74) is 0. The van der Waals surface area contributed by atoms with Gasteiger partial charge in [0.15, 0.2) is 0 Å². The molecule has 1 heterocycles. The summed E-state index contributed by atoms with van der Waals surface area (Å²) >= 11 is 0. The minimum atomic E-state index is -3.13. The fourth-order valence-corrected chi connectivity index (χ4v) is 1.12. The van der Waals surface area contributed by atoms with E-state index >= 15 is 0 Å². The summed E-state index contributed by atoms with van der Waals surface area (Å²) in [4.78, 5) is 3.76. The van der Waals surface area contributed by atoms with Gasteiger partial charge >= 0.3 is 0 Å². The summed E-state index contributed by atoms with van der Waals surface area (Å²) in [6.07, 6.45) is 5.60. The maximum absolute atomic E-state index is 10.8. The Labute approximate surface area is 59.9 Å². The molecule has 0 saturated heterocycles. The van der Waals surface area contributed by atoms with E-state index in [1.54, 1.807) is 6.08 Å². The molecule has 0 radical (unpaired) electrons. The number of sulfonamides is 1. The van der Waals surface area contributed by atoms with Crippen LogP contribution >= 0.6 is 0 Å². The fraction of sp³-hybridized carbons (Fsp3) is 0.400. The van der Waals surface area contributed by atoms with Crippen molar-refractivity contribution in [3.63, 3.8) is 0 Å². The molecule has 0 N–H and O–H groups in total. The van der Waals surface area contributed by atoms with E-state index in [-0.39, 0.29) is 0 Å². The summed E-state index contributed by atoms with van der Waals surface area (Å²) in [5.74, 6) is 0. The molecule has 0 saturated carbocycles. The SMILES string of the molecule is CS(=O)(=O)N1C=CCN=C1. The maximum atomic E-state index is 10.8. The monoisotopic (exact) mass is 160 g/mol. The molecule has 0 aromatic carbocycles. The van der Waals surface area contributed by atoms with E-state index in [0.29, 0.717) is 6.54 Å². The Kier molecular flexibility index (Phi) is 1.76. The van der Waals surface area contributed by atoms with Gasteiger partial charge in [0.2, 0.25) is 10.0 Å². The molecule has 0 fully saturated rings. The van der Waals surface area contributed by atoms with Crippen LogP contribution < -0.4 is 0 Å². The van der Waals surface area contributed by atoms with Gasteiger partial charge in [-0.05, 0) is 6.08 Å². The van der Waals surface area contributed by atoms with Gasteiger partial charge in [0.25, 0.3) is 0 Å². The highest BCUT2D eigenvalue weighted by Crippen LogP contribution is 1.98. The van der Waals surface area contributed by atoms with Gasteiger partial charge in [-0.2, -0.15) is 0 Å². The van der Waals surface area contributed by atoms with Gasteiger partial charge in [-0.15, -0.1) is 0 Å². The molecule has 0 amide bonds. The zero-order valence-electron chi connectivity index (χ0n) is 5.56. The number of aliphatic imine (C=N–C) groups is 1. The van der Waals surface area contributed by atoms with Gasteiger partial charge in [0.05, 0.1) is 12.8 Å². The van der Waals surface area contributed by atoms with Crippen molar-refractivity contribution >= 4 is 16.4 Å². The van der Waals surface area contributed by atoms with Crippen LogP contribution in [-0.4, -0.2) is 31.9 Å². The first kappa shape index (κ1) is 7.27. The number of nitrogens with zero attached hydrogens (tertiary/aromatic N) is 2. The third-order valence-electron chi connectivity index (χ3n) is 1.04. The van der Waals surface area contributed by atoms with Crippen LogP contribution in [0.4, 0.5) is 0 Å². The summed E-state index contributed by atoms with van der Waals surface area (Å²) in [6, 6.07) is 0. The number of rotatable bonds is 1. The van der Waals surface area contributed by atoms with Crippen LogP contribution in [-0.2, 0) is 10.0 Å². The summed E-state index contributed by atoms with van der Waals surface area (Å²) in [6.45, 7) is 0.562. The Hall–Kier alpha value is -0.840. The van der Waals surface area contributed by atoms with Crippen LogP contribution in [0.15, 0.2) is 17.3 Å². The van der Waals surface area contributed by atoms with Crippen molar-refractivity contribution in [3.05, 3.63) is 12.3 Å². The van der Waals surface area contributed by atoms with Gasteiger partial charge < -0.3 is 0 Å². The van der Waals surface area contributed by atoms with Crippen LogP contribution in [0.2, 0.25) is 0 Å². The molecular formula is C5H8N2O2S. The zero-order valence-corrected chi connectivity index (χ0v) is 6.37. The topological polar surface area (TPSA) is 49.7 Å². The average molecular weight is 160 g/mol. The van der Waals surface area contributed by atoms with Gasteiger partial charge in [-0.25, -0.2) is 12.7 Å². The predicted octanol–water partition coefficient (Wildman–Crippen LogP) is -0.196. The molecule has 56 valence electrons. The second-order valence-corrected chi connectivity index (χ2v) is 3.85. The smallest absolute Gasteiger partial charge is 0.236 e. The van der Waals surface area contributed by atoms with Crippen molar-refractivity contribution in [1.29, 1.82) is 0 Å². The lowest BCUT2D eigenvalue weighted by Crippen LogP contribution is -2.24. The minimum absolute atomic E-state index is 0.562. The van der Waals surface area contributed by atoms with Crippen LogP contribution in [0.3, 0.4) is 0 Å². The third-order valence-corrected chi connectivity index (χ3v) is 2.02. The molecule has 0 aromatic rings. The molecule has 1 aliphatic heterocycles. The summed E-state index contributed by atoms with van der Waals surface area (Å²) < 4.78 is 22.6. The predicted molar refractivity (Wildman–Crippen MR) is 39.2 cm³/mol. The van der Waals surface area contributed by atoms with Crippen LogP contribution in [0.1, 0.15) is 0 Å². The van der Waals surface area contributed by atoms with E-state index in [1.165, 1.54) is 12.5 Å². The molecule has 4 nitrogen and oxygen atoms in total. The number of hydrogen-bond donors (Lipinski definition) is 0. The molecule has 10 heavy (non-hydrogen) atoms. The van der Waals surface area contributed by atoms with Gasteiger partial charge in [-0.1, -0.05) is 0 Å². The molecule has 1 aliphatic rings. The third kappa shape index (κ3) is 1.57. The van der Waals surface area contributed by atoms with Crippen LogP contribution in [0, 0.1) is 0 Å². The Morgan fingerprint density at radius 2 is 2.30 bits per heavy atom. The second-order valence-electron chi connectivity index (χ2n) is 1.96. The second kappa shape index (κ2) is 2.42. The van der Waals surface area contributed by atoms with Crippen molar-refractivity contribution < 1.29 is 8.42 Å². The molecule has 0 atom stereocenters. The molecule has 0 aromatic heterocycles. The van der Waals surface area contributed by atoms with E-state index in [1.807, 2.05) is 0 Å². The lowest BCUT2D eigenvalue weighted by Gasteiger charge is -2.13. The van der Waals surface area contributed by atoms with Crippen LogP contribution in [0.5, 0.6) is 0 Å². The van der Waals surface area contributed by atoms with Crippen molar-refractivity contribution in [3.8, 4) is 0 Å².